The lowest BCUT2D eigenvalue weighted by molar-refractivity contribution is 0.572. The molecule has 0 bridgehead atoms. The number of sulfonamides is 1. The number of hydrogen-bond donors (Lipinski definition) is 2. The molecule has 1 aromatic rings. The Morgan fingerprint density at radius 1 is 1.24 bits per heavy atom. The SMILES string of the molecule is CCCNCc1cccc(S(=O)(=O)NC2CC2CCC)c1. The van der Waals surface area contributed by atoms with E-state index in [1.165, 1.54) is 0 Å². The Morgan fingerprint density at radius 2 is 2.05 bits per heavy atom. The van der Waals surface area contributed by atoms with Crippen LogP contribution < -0.4 is 10.0 Å². The molecule has 0 spiro atoms. The topological polar surface area (TPSA) is 58.2 Å². The second-order valence-corrected chi connectivity index (χ2v) is 7.55. The molecule has 0 heterocycles. The molecule has 0 aliphatic heterocycles. The Hall–Kier alpha value is -0.910. The van der Waals surface area contributed by atoms with Crippen molar-refractivity contribution in [3.05, 3.63) is 29.8 Å². The van der Waals surface area contributed by atoms with Gasteiger partial charge in [0.15, 0.2) is 0 Å². The summed E-state index contributed by atoms with van der Waals surface area (Å²) in [6.45, 7) is 5.89. The van der Waals surface area contributed by atoms with Gasteiger partial charge in [-0.25, -0.2) is 13.1 Å². The van der Waals surface area contributed by atoms with Crippen molar-refractivity contribution in [1.82, 2.24) is 10.0 Å². The Kier molecular flexibility index (Phi) is 5.79. The zero-order chi connectivity index (χ0) is 15.3. The first-order valence-corrected chi connectivity index (χ1v) is 9.37. The summed E-state index contributed by atoms with van der Waals surface area (Å²) in [4.78, 5) is 0.375. The first-order valence-electron chi connectivity index (χ1n) is 7.88. The van der Waals surface area contributed by atoms with E-state index in [1.54, 1.807) is 12.1 Å². The van der Waals surface area contributed by atoms with E-state index in [0.29, 0.717) is 17.4 Å². The summed E-state index contributed by atoms with van der Waals surface area (Å²) >= 11 is 0. The van der Waals surface area contributed by atoms with Gasteiger partial charge in [-0.05, 0) is 49.4 Å². The van der Waals surface area contributed by atoms with E-state index in [1.807, 2.05) is 12.1 Å². The van der Waals surface area contributed by atoms with E-state index in [4.69, 9.17) is 0 Å². The maximum absolute atomic E-state index is 12.4. The fraction of sp³-hybridized carbons (Fsp3) is 0.625. The van der Waals surface area contributed by atoms with E-state index in [-0.39, 0.29) is 6.04 Å². The zero-order valence-electron chi connectivity index (χ0n) is 12.9. The molecular weight excluding hydrogens is 284 g/mol. The molecule has 1 aromatic carbocycles. The third-order valence-electron chi connectivity index (χ3n) is 3.85. The maximum atomic E-state index is 12.4. The third kappa shape index (κ3) is 4.80. The average Bonchev–Trinajstić information content (AvgIpc) is 3.17. The second-order valence-electron chi connectivity index (χ2n) is 5.84. The van der Waals surface area contributed by atoms with Gasteiger partial charge in [0.1, 0.15) is 0 Å². The van der Waals surface area contributed by atoms with Gasteiger partial charge in [-0.1, -0.05) is 32.4 Å². The van der Waals surface area contributed by atoms with Crippen LogP contribution in [-0.4, -0.2) is 21.0 Å². The molecule has 0 radical (unpaired) electrons. The van der Waals surface area contributed by atoms with Crippen molar-refractivity contribution >= 4 is 10.0 Å². The molecule has 118 valence electrons. The summed E-state index contributed by atoms with van der Waals surface area (Å²) in [7, 11) is -3.38. The quantitative estimate of drug-likeness (QED) is 0.689. The minimum atomic E-state index is -3.38. The highest BCUT2D eigenvalue weighted by Gasteiger charge is 2.39. The van der Waals surface area contributed by atoms with Crippen LogP contribution in [0.15, 0.2) is 29.2 Å². The van der Waals surface area contributed by atoms with E-state index in [0.717, 1.165) is 37.8 Å². The van der Waals surface area contributed by atoms with Gasteiger partial charge in [0, 0.05) is 12.6 Å². The number of benzene rings is 1. The van der Waals surface area contributed by atoms with Crippen LogP contribution in [0.1, 0.15) is 45.1 Å². The highest BCUT2D eigenvalue weighted by molar-refractivity contribution is 7.89. The average molecular weight is 310 g/mol. The van der Waals surface area contributed by atoms with E-state index >= 15 is 0 Å². The normalized spacial score (nSPS) is 21.4. The summed E-state index contributed by atoms with van der Waals surface area (Å²) in [6.07, 6.45) is 4.26. The Bertz CT molecular complexity index is 557. The molecule has 1 aliphatic rings. The second kappa shape index (κ2) is 7.38. The van der Waals surface area contributed by atoms with E-state index < -0.39 is 10.0 Å². The van der Waals surface area contributed by atoms with E-state index in [2.05, 4.69) is 23.9 Å². The van der Waals surface area contributed by atoms with E-state index in [9.17, 15) is 8.42 Å². The lowest BCUT2D eigenvalue weighted by Crippen LogP contribution is -2.27. The van der Waals surface area contributed by atoms with Crippen molar-refractivity contribution in [1.29, 1.82) is 0 Å². The Morgan fingerprint density at radius 3 is 2.76 bits per heavy atom. The van der Waals surface area contributed by atoms with Crippen molar-refractivity contribution in [2.24, 2.45) is 5.92 Å². The fourth-order valence-corrected chi connectivity index (χ4v) is 3.97. The van der Waals surface area contributed by atoms with Crippen molar-refractivity contribution < 1.29 is 8.42 Å². The summed E-state index contributed by atoms with van der Waals surface area (Å²) in [5, 5.41) is 3.29. The van der Waals surface area contributed by atoms with Crippen molar-refractivity contribution in [3.8, 4) is 0 Å². The summed E-state index contributed by atoms with van der Waals surface area (Å²) in [5.41, 5.74) is 1.01. The van der Waals surface area contributed by atoms with Crippen LogP contribution in [0.4, 0.5) is 0 Å². The molecule has 2 atom stereocenters. The molecule has 0 aromatic heterocycles. The van der Waals surface area contributed by atoms with Gasteiger partial charge in [0.25, 0.3) is 0 Å². The molecule has 21 heavy (non-hydrogen) atoms. The van der Waals surface area contributed by atoms with Gasteiger partial charge in [-0.3, -0.25) is 0 Å². The van der Waals surface area contributed by atoms with Crippen LogP contribution in [0.2, 0.25) is 0 Å². The molecule has 1 saturated carbocycles. The minimum Gasteiger partial charge on any atom is -0.313 e. The van der Waals surface area contributed by atoms with Crippen molar-refractivity contribution in [2.75, 3.05) is 6.54 Å². The van der Waals surface area contributed by atoms with Gasteiger partial charge in [-0.2, -0.15) is 0 Å². The Labute approximate surface area is 128 Å². The molecule has 2 rings (SSSR count). The zero-order valence-corrected chi connectivity index (χ0v) is 13.7. The predicted octanol–water partition coefficient (Wildman–Crippen LogP) is 2.65. The van der Waals surface area contributed by atoms with Gasteiger partial charge in [0.05, 0.1) is 4.90 Å². The molecular formula is C16H26N2O2S. The van der Waals surface area contributed by atoms with Crippen LogP contribution in [-0.2, 0) is 16.6 Å². The molecule has 4 nitrogen and oxygen atoms in total. The monoisotopic (exact) mass is 310 g/mol. The van der Waals surface area contributed by atoms with Crippen LogP contribution in [0.5, 0.6) is 0 Å². The molecule has 1 aliphatic carbocycles. The third-order valence-corrected chi connectivity index (χ3v) is 5.34. The number of hydrogen-bond acceptors (Lipinski definition) is 3. The highest BCUT2D eigenvalue weighted by atomic mass is 32.2. The van der Waals surface area contributed by atoms with Crippen LogP contribution in [0.3, 0.4) is 0 Å². The molecule has 1 fully saturated rings. The fourth-order valence-electron chi connectivity index (χ4n) is 2.58. The molecule has 0 saturated heterocycles. The summed E-state index contributed by atoms with van der Waals surface area (Å²) in [5.74, 6) is 0.527. The highest BCUT2D eigenvalue weighted by Crippen LogP contribution is 2.35. The molecule has 2 N–H and O–H groups in total. The Balaban J connectivity index is 1.98. The first kappa shape index (κ1) is 16.5. The number of rotatable bonds is 9. The van der Waals surface area contributed by atoms with Crippen molar-refractivity contribution in [2.45, 2.75) is 57.0 Å². The predicted molar refractivity (Wildman–Crippen MR) is 85.6 cm³/mol. The van der Waals surface area contributed by atoms with Crippen LogP contribution in [0.25, 0.3) is 0 Å². The molecule has 5 heteroatoms. The maximum Gasteiger partial charge on any atom is 0.240 e. The minimum absolute atomic E-state index is 0.136. The van der Waals surface area contributed by atoms with Gasteiger partial charge in [-0.15, -0.1) is 0 Å². The molecule has 2 unspecified atom stereocenters. The smallest absolute Gasteiger partial charge is 0.240 e. The number of nitrogens with one attached hydrogen (secondary N) is 2. The largest absolute Gasteiger partial charge is 0.313 e. The van der Waals surface area contributed by atoms with Gasteiger partial charge >= 0.3 is 0 Å². The lowest BCUT2D eigenvalue weighted by atomic mass is 10.2. The summed E-state index contributed by atoms with van der Waals surface area (Å²) in [6, 6.07) is 7.34. The van der Waals surface area contributed by atoms with Gasteiger partial charge < -0.3 is 5.32 Å². The summed E-state index contributed by atoms with van der Waals surface area (Å²) < 4.78 is 27.6. The van der Waals surface area contributed by atoms with Crippen LogP contribution in [0, 0.1) is 5.92 Å². The van der Waals surface area contributed by atoms with Crippen LogP contribution >= 0.6 is 0 Å². The first-order chi connectivity index (χ1) is 10.1. The molecule has 0 amide bonds. The lowest BCUT2D eigenvalue weighted by Gasteiger charge is -2.09. The standard InChI is InChI=1S/C16H26N2O2S/c1-3-6-14-11-16(14)18-21(19,20)15-8-5-7-13(10-15)12-17-9-4-2/h5,7-8,10,14,16-18H,3-4,6,9,11-12H2,1-2H3. The van der Waals surface area contributed by atoms with Crippen molar-refractivity contribution in [3.63, 3.8) is 0 Å². The van der Waals surface area contributed by atoms with Gasteiger partial charge in [0.2, 0.25) is 10.0 Å².